The number of aryl methyl sites for hydroxylation is 2. The summed E-state index contributed by atoms with van der Waals surface area (Å²) in [5.41, 5.74) is 0. The van der Waals surface area contributed by atoms with E-state index in [0.29, 0.717) is 24.7 Å². The van der Waals surface area contributed by atoms with Gasteiger partial charge in [-0.05, 0) is 45.2 Å². The SMILES string of the molecule is CCCc1noc(CCCC(=O)N2CCCC(CNC)C2)n1.Cl. The van der Waals surface area contributed by atoms with Crippen molar-refractivity contribution < 1.29 is 9.32 Å². The molecule has 1 aromatic rings. The summed E-state index contributed by atoms with van der Waals surface area (Å²) in [5.74, 6) is 2.28. The van der Waals surface area contributed by atoms with Gasteiger partial charge in [-0.2, -0.15) is 4.98 Å². The number of hydrogen-bond donors (Lipinski definition) is 1. The van der Waals surface area contributed by atoms with E-state index in [0.717, 1.165) is 51.1 Å². The first-order chi connectivity index (χ1) is 10.7. The lowest BCUT2D eigenvalue weighted by Crippen LogP contribution is -2.42. The predicted octanol–water partition coefficient (Wildman–Crippen LogP) is 2.22. The van der Waals surface area contributed by atoms with Crippen molar-refractivity contribution in [3.63, 3.8) is 0 Å². The Morgan fingerprint density at radius 1 is 1.43 bits per heavy atom. The van der Waals surface area contributed by atoms with Gasteiger partial charge in [0.05, 0.1) is 0 Å². The highest BCUT2D eigenvalue weighted by atomic mass is 35.5. The van der Waals surface area contributed by atoms with Crippen LogP contribution in [0.3, 0.4) is 0 Å². The molecule has 1 amide bonds. The largest absolute Gasteiger partial charge is 0.342 e. The molecule has 0 spiro atoms. The Kier molecular flexibility index (Phi) is 9.17. The lowest BCUT2D eigenvalue weighted by atomic mass is 9.97. The Bertz CT molecular complexity index is 465. The minimum absolute atomic E-state index is 0. The van der Waals surface area contributed by atoms with E-state index >= 15 is 0 Å². The Morgan fingerprint density at radius 3 is 3.00 bits per heavy atom. The third kappa shape index (κ3) is 6.47. The number of hydrogen-bond acceptors (Lipinski definition) is 5. The first kappa shape index (κ1) is 19.9. The van der Waals surface area contributed by atoms with Crippen molar-refractivity contribution in [1.29, 1.82) is 0 Å². The molecular formula is C16H29ClN4O2. The zero-order valence-corrected chi connectivity index (χ0v) is 15.0. The van der Waals surface area contributed by atoms with Crippen LogP contribution in [0.2, 0.25) is 0 Å². The fourth-order valence-corrected chi connectivity index (χ4v) is 3.01. The molecule has 1 saturated heterocycles. The third-order valence-corrected chi connectivity index (χ3v) is 4.13. The molecule has 0 bridgehead atoms. The maximum atomic E-state index is 12.3. The van der Waals surface area contributed by atoms with Gasteiger partial charge in [0.1, 0.15) is 0 Å². The molecule has 1 N–H and O–H groups in total. The van der Waals surface area contributed by atoms with Crippen LogP contribution in [0.15, 0.2) is 4.52 Å². The summed E-state index contributed by atoms with van der Waals surface area (Å²) >= 11 is 0. The molecule has 1 aromatic heterocycles. The van der Waals surface area contributed by atoms with Crippen molar-refractivity contribution in [1.82, 2.24) is 20.4 Å². The van der Waals surface area contributed by atoms with Crippen LogP contribution in [0.25, 0.3) is 0 Å². The zero-order chi connectivity index (χ0) is 15.8. The normalized spacial score (nSPS) is 17.8. The molecule has 2 heterocycles. The average molecular weight is 345 g/mol. The summed E-state index contributed by atoms with van der Waals surface area (Å²) < 4.78 is 5.20. The first-order valence-corrected chi connectivity index (χ1v) is 8.46. The van der Waals surface area contributed by atoms with E-state index < -0.39 is 0 Å². The molecule has 0 aromatic carbocycles. The van der Waals surface area contributed by atoms with Crippen LogP contribution in [-0.2, 0) is 17.6 Å². The fourth-order valence-electron chi connectivity index (χ4n) is 3.01. The molecule has 0 aliphatic carbocycles. The maximum Gasteiger partial charge on any atom is 0.226 e. The van der Waals surface area contributed by atoms with E-state index in [-0.39, 0.29) is 18.3 Å². The van der Waals surface area contributed by atoms with Gasteiger partial charge in [0.25, 0.3) is 0 Å². The molecule has 0 saturated carbocycles. The topological polar surface area (TPSA) is 71.3 Å². The van der Waals surface area contributed by atoms with Crippen molar-refractivity contribution >= 4 is 18.3 Å². The van der Waals surface area contributed by atoms with Gasteiger partial charge in [-0.15, -0.1) is 12.4 Å². The van der Waals surface area contributed by atoms with Crippen LogP contribution in [-0.4, -0.2) is 47.6 Å². The van der Waals surface area contributed by atoms with E-state index in [4.69, 9.17) is 4.52 Å². The van der Waals surface area contributed by atoms with Crippen molar-refractivity contribution in [3.05, 3.63) is 11.7 Å². The first-order valence-electron chi connectivity index (χ1n) is 8.46. The number of aromatic nitrogens is 2. The van der Waals surface area contributed by atoms with Gasteiger partial charge in [0, 0.05) is 32.4 Å². The van der Waals surface area contributed by atoms with E-state index in [1.165, 1.54) is 6.42 Å². The second-order valence-electron chi connectivity index (χ2n) is 6.11. The van der Waals surface area contributed by atoms with Crippen LogP contribution in [0.5, 0.6) is 0 Å². The number of likely N-dealkylation sites (tertiary alicyclic amines) is 1. The Morgan fingerprint density at radius 2 is 2.26 bits per heavy atom. The standard InChI is InChI=1S/C16H28N4O2.ClH/c1-3-6-14-18-15(22-19-14)8-4-9-16(21)20-10-5-7-13(12-20)11-17-2;/h13,17H,3-12H2,1-2H3;1H. The highest BCUT2D eigenvalue weighted by Crippen LogP contribution is 2.17. The van der Waals surface area contributed by atoms with Crippen molar-refractivity contribution in [3.8, 4) is 0 Å². The van der Waals surface area contributed by atoms with Gasteiger partial charge in [0.2, 0.25) is 11.8 Å². The number of amides is 1. The van der Waals surface area contributed by atoms with Crippen LogP contribution < -0.4 is 5.32 Å². The van der Waals surface area contributed by atoms with Crippen LogP contribution >= 0.6 is 12.4 Å². The summed E-state index contributed by atoms with van der Waals surface area (Å²) in [4.78, 5) is 18.6. The molecule has 6 nitrogen and oxygen atoms in total. The fraction of sp³-hybridized carbons (Fsp3) is 0.812. The molecule has 7 heteroatoms. The van der Waals surface area contributed by atoms with Gasteiger partial charge in [-0.3, -0.25) is 4.79 Å². The van der Waals surface area contributed by atoms with Gasteiger partial charge in [0.15, 0.2) is 5.82 Å². The molecule has 1 fully saturated rings. The van der Waals surface area contributed by atoms with Gasteiger partial charge < -0.3 is 14.7 Å². The molecule has 23 heavy (non-hydrogen) atoms. The predicted molar refractivity (Wildman–Crippen MR) is 91.7 cm³/mol. The number of carbonyl (C=O) groups excluding carboxylic acids is 1. The molecule has 1 aliphatic rings. The molecule has 1 atom stereocenters. The summed E-state index contributed by atoms with van der Waals surface area (Å²) in [5, 5.41) is 7.14. The smallest absolute Gasteiger partial charge is 0.226 e. The number of rotatable bonds is 8. The third-order valence-electron chi connectivity index (χ3n) is 4.13. The highest BCUT2D eigenvalue weighted by molar-refractivity contribution is 5.85. The van der Waals surface area contributed by atoms with Crippen molar-refractivity contribution in [2.45, 2.75) is 51.9 Å². The summed E-state index contributed by atoms with van der Waals surface area (Å²) in [6.07, 6.45) is 6.23. The number of nitrogens with zero attached hydrogens (tertiary/aromatic N) is 3. The lowest BCUT2D eigenvalue weighted by molar-refractivity contribution is -0.133. The average Bonchev–Trinajstić information content (AvgIpc) is 2.96. The Hall–Kier alpha value is -1.14. The Labute approximate surface area is 144 Å². The number of piperidine rings is 1. The minimum Gasteiger partial charge on any atom is -0.342 e. The highest BCUT2D eigenvalue weighted by Gasteiger charge is 2.22. The zero-order valence-electron chi connectivity index (χ0n) is 14.2. The van der Waals surface area contributed by atoms with E-state index in [9.17, 15) is 4.79 Å². The molecule has 132 valence electrons. The molecule has 0 radical (unpaired) electrons. The quantitative estimate of drug-likeness (QED) is 0.783. The molecule has 2 rings (SSSR count). The molecular weight excluding hydrogens is 316 g/mol. The van der Waals surface area contributed by atoms with Crippen molar-refractivity contribution in [2.75, 3.05) is 26.7 Å². The van der Waals surface area contributed by atoms with E-state index in [1.807, 2.05) is 11.9 Å². The summed E-state index contributed by atoms with van der Waals surface area (Å²) in [6, 6.07) is 0. The van der Waals surface area contributed by atoms with Gasteiger partial charge in [-0.1, -0.05) is 12.1 Å². The van der Waals surface area contributed by atoms with E-state index in [2.05, 4.69) is 22.4 Å². The van der Waals surface area contributed by atoms with Crippen LogP contribution in [0.1, 0.15) is 50.7 Å². The van der Waals surface area contributed by atoms with Crippen LogP contribution in [0.4, 0.5) is 0 Å². The Balaban J connectivity index is 0.00000264. The monoisotopic (exact) mass is 344 g/mol. The summed E-state index contributed by atoms with van der Waals surface area (Å²) in [6.45, 7) is 4.88. The van der Waals surface area contributed by atoms with Gasteiger partial charge in [-0.25, -0.2) is 0 Å². The van der Waals surface area contributed by atoms with Gasteiger partial charge >= 0.3 is 0 Å². The van der Waals surface area contributed by atoms with Crippen molar-refractivity contribution in [2.24, 2.45) is 5.92 Å². The maximum absolute atomic E-state index is 12.3. The molecule has 1 unspecified atom stereocenters. The number of halogens is 1. The second-order valence-corrected chi connectivity index (χ2v) is 6.11. The summed E-state index contributed by atoms with van der Waals surface area (Å²) in [7, 11) is 1.97. The van der Waals surface area contributed by atoms with Crippen LogP contribution in [0, 0.1) is 5.92 Å². The number of carbonyl (C=O) groups is 1. The second kappa shape index (κ2) is 10.6. The molecule has 1 aliphatic heterocycles. The number of nitrogens with one attached hydrogen (secondary N) is 1. The van der Waals surface area contributed by atoms with E-state index in [1.54, 1.807) is 0 Å². The lowest BCUT2D eigenvalue weighted by Gasteiger charge is -2.32. The minimum atomic E-state index is 0.